The van der Waals surface area contributed by atoms with Gasteiger partial charge in [-0.25, -0.2) is 0 Å². The Labute approximate surface area is 146 Å². The molecular weight excluding hydrogens is 518 g/mol. The van der Waals surface area contributed by atoms with Crippen molar-refractivity contribution < 1.29 is 0 Å². The number of unbranched alkanes of at least 4 members (excludes halogenated alkanes) is 2. The zero-order valence-corrected chi connectivity index (χ0v) is 19.1. The van der Waals surface area contributed by atoms with Crippen LogP contribution in [0.4, 0.5) is 0 Å². The number of benzene rings is 1. The predicted octanol–water partition coefficient (Wildman–Crippen LogP) is 7.72. The summed E-state index contributed by atoms with van der Waals surface area (Å²) in [6, 6.07) is 7.96. The first-order chi connectivity index (χ1) is 8.91. The average molecular weight is 540 g/mol. The Morgan fingerprint density at radius 1 is 0.842 bits per heavy atom. The van der Waals surface area contributed by atoms with E-state index in [2.05, 4.69) is 45.7 Å². The second kappa shape index (κ2) is 12.1. The third-order valence-electron chi connectivity index (χ3n) is 2.60. The third kappa shape index (κ3) is 13.0. The average Bonchev–Trinajstić information content (AvgIpc) is 2.38. The van der Waals surface area contributed by atoms with Crippen molar-refractivity contribution in [2.24, 2.45) is 0 Å². The van der Waals surface area contributed by atoms with Gasteiger partial charge in [0.05, 0.1) is 0 Å². The molecule has 19 heavy (non-hydrogen) atoms. The van der Waals surface area contributed by atoms with Crippen molar-refractivity contribution in [1.82, 2.24) is 0 Å². The van der Waals surface area contributed by atoms with E-state index in [-0.39, 0.29) is 0 Å². The fraction of sp³-hybridized carbons (Fsp3) is 0.571. The SMILES string of the molecule is Brc1ccc(Br)cc1.CCC[CH2][Sn]([Cl])([Cl])[CH2]CCC. The summed E-state index contributed by atoms with van der Waals surface area (Å²) in [6.45, 7) is 4.38. The molecule has 0 bridgehead atoms. The zero-order chi connectivity index (χ0) is 14.7. The number of rotatable bonds is 6. The minimum atomic E-state index is -2.49. The van der Waals surface area contributed by atoms with E-state index in [0.29, 0.717) is 0 Å². The van der Waals surface area contributed by atoms with Crippen molar-refractivity contribution in [2.45, 2.75) is 48.4 Å². The first-order valence-corrected chi connectivity index (χ1v) is 19.5. The summed E-state index contributed by atoms with van der Waals surface area (Å²) >= 11 is 4.16. The van der Waals surface area contributed by atoms with Crippen LogP contribution in [0.2, 0.25) is 8.87 Å². The maximum absolute atomic E-state index is 6.27. The van der Waals surface area contributed by atoms with Gasteiger partial charge in [-0.3, -0.25) is 0 Å². The molecule has 0 aliphatic rings. The Morgan fingerprint density at radius 2 is 1.16 bits per heavy atom. The van der Waals surface area contributed by atoms with Gasteiger partial charge in [0.15, 0.2) is 0 Å². The molecule has 1 rings (SSSR count). The topological polar surface area (TPSA) is 0 Å². The zero-order valence-electron chi connectivity index (χ0n) is 11.6. The summed E-state index contributed by atoms with van der Waals surface area (Å²) in [5.41, 5.74) is 0. The monoisotopic (exact) mass is 538 g/mol. The van der Waals surface area contributed by atoms with Gasteiger partial charge in [-0.15, -0.1) is 0 Å². The maximum atomic E-state index is 6.27. The Morgan fingerprint density at radius 3 is 1.42 bits per heavy atom. The van der Waals surface area contributed by atoms with Crippen LogP contribution in [0.1, 0.15) is 39.5 Å². The van der Waals surface area contributed by atoms with Crippen molar-refractivity contribution in [3.8, 4) is 0 Å². The normalized spacial score (nSPS) is 10.8. The van der Waals surface area contributed by atoms with E-state index in [0.717, 1.165) is 17.8 Å². The second-order valence-electron chi connectivity index (χ2n) is 4.50. The van der Waals surface area contributed by atoms with E-state index < -0.39 is 16.1 Å². The summed E-state index contributed by atoms with van der Waals surface area (Å²) in [6.07, 6.45) is 4.91. The van der Waals surface area contributed by atoms with Crippen LogP contribution in [0, 0.1) is 0 Å². The molecule has 0 nitrogen and oxygen atoms in total. The van der Waals surface area contributed by atoms with Gasteiger partial charge >= 0.3 is 82.4 Å². The Hall–Kier alpha value is 1.56. The molecule has 0 aliphatic carbocycles. The summed E-state index contributed by atoms with van der Waals surface area (Å²) < 4.78 is 4.52. The molecule has 0 saturated heterocycles. The molecule has 0 aliphatic heterocycles. The van der Waals surface area contributed by atoms with E-state index >= 15 is 0 Å². The molecule has 0 heterocycles. The fourth-order valence-corrected chi connectivity index (χ4v) is 11.2. The summed E-state index contributed by atoms with van der Waals surface area (Å²) in [5, 5.41) is 0. The number of hydrogen-bond donors (Lipinski definition) is 0. The van der Waals surface area contributed by atoms with Crippen LogP contribution in [-0.2, 0) is 0 Å². The van der Waals surface area contributed by atoms with Crippen molar-refractivity contribution >= 4 is 65.8 Å². The number of hydrogen-bond acceptors (Lipinski definition) is 0. The van der Waals surface area contributed by atoms with E-state index in [4.69, 9.17) is 17.8 Å². The van der Waals surface area contributed by atoms with E-state index in [9.17, 15) is 0 Å². The van der Waals surface area contributed by atoms with Crippen LogP contribution >= 0.6 is 49.7 Å². The van der Waals surface area contributed by atoms with E-state index in [1.54, 1.807) is 0 Å². The Balaban J connectivity index is 0.000000356. The fourth-order valence-electron chi connectivity index (χ4n) is 1.43. The summed E-state index contributed by atoms with van der Waals surface area (Å²) in [7, 11) is 12.5. The third-order valence-corrected chi connectivity index (χ3v) is 14.9. The second-order valence-corrected chi connectivity index (χ2v) is 25.1. The van der Waals surface area contributed by atoms with E-state index in [1.165, 1.54) is 25.7 Å². The van der Waals surface area contributed by atoms with Gasteiger partial charge in [0, 0.05) is 8.95 Å². The van der Waals surface area contributed by atoms with Crippen molar-refractivity contribution in [3.05, 3.63) is 33.2 Å². The van der Waals surface area contributed by atoms with Crippen LogP contribution < -0.4 is 0 Å². The van der Waals surface area contributed by atoms with Crippen LogP contribution in [-0.4, -0.2) is 16.1 Å². The molecule has 0 radical (unpaired) electrons. The molecule has 0 amide bonds. The molecule has 0 fully saturated rings. The van der Waals surface area contributed by atoms with Gasteiger partial charge in [-0.2, -0.15) is 0 Å². The van der Waals surface area contributed by atoms with Crippen LogP contribution in [0.5, 0.6) is 0 Å². The van der Waals surface area contributed by atoms with Gasteiger partial charge in [0.1, 0.15) is 0 Å². The Bertz CT molecular complexity index is 298. The molecule has 110 valence electrons. The first-order valence-electron chi connectivity index (χ1n) is 6.70. The molecule has 0 N–H and O–H groups in total. The van der Waals surface area contributed by atoms with Crippen LogP contribution in [0.25, 0.3) is 0 Å². The molecule has 0 spiro atoms. The molecule has 5 heteroatoms. The Kier molecular flexibility index (Phi) is 13.1. The minimum absolute atomic E-state index is 1.11. The quantitative estimate of drug-likeness (QED) is 0.325. The van der Waals surface area contributed by atoms with Gasteiger partial charge in [-0.1, -0.05) is 31.9 Å². The molecule has 0 aromatic heterocycles. The van der Waals surface area contributed by atoms with Crippen molar-refractivity contribution in [2.75, 3.05) is 0 Å². The first kappa shape index (κ1) is 20.6. The van der Waals surface area contributed by atoms with Gasteiger partial charge in [0.25, 0.3) is 0 Å². The summed E-state index contributed by atoms with van der Waals surface area (Å²) in [4.78, 5) is 0. The van der Waals surface area contributed by atoms with E-state index in [1.807, 2.05) is 24.3 Å². The van der Waals surface area contributed by atoms with Gasteiger partial charge in [0.2, 0.25) is 0 Å². The molecule has 0 saturated carbocycles. The number of halogens is 4. The standard InChI is InChI=1S/C6H4Br2.2C4H9.2ClH.Sn/c7-5-1-2-6(8)4-3-5;2*1-3-4-2;;;/h1-4H;2*1,3-4H2,2H3;2*1H;/q;;;;;+2/p-2. The van der Waals surface area contributed by atoms with Gasteiger partial charge in [-0.05, 0) is 24.3 Å². The van der Waals surface area contributed by atoms with Crippen LogP contribution in [0.3, 0.4) is 0 Å². The molecular formula is C14H22Br2Cl2Sn. The molecule has 1 aromatic carbocycles. The molecule has 1 aromatic rings. The van der Waals surface area contributed by atoms with Crippen LogP contribution in [0.15, 0.2) is 33.2 Å². The summed E-state index contributed by atoms with van der Waals surface area (Å²) in [5.74, 6) is 0. The molecule has 0 unspecified atom stereocenters. The molecule has 0 atom stereocenters. The van der Waals surface area contributed by atoms with Crippen molar-refractivity contribution in [3.63, 3.8) is 0 Å². The van der Waals surface area contributed by atoms with Gasteiger partial charge < -0.3 is 0 Å². The predicted molar refractivity (Wildman–Crippen MR) is 98.7 cm³/mol. The van der Waals surface area contributed by atoms with Crippen molar-refractivity contribution in [1.29, 1.82) is 0 Å².